The standard InChI is InChI=1S/C14H10Br2ClN/c15-14(16)13(10-4-2-1-3-5-10)18(14)12-8-6-11(17)7-9-12/h1-9,13H. The third-order valence-electron chi connectivity index (χ3n) is 3.06. The summed E-state index contributed by atoms with van der Waals surface area (Å²) in [5.41, 5.74) is 2.42. The highest BCUT2D eigenvalue weighted by Crippen LogP contribution is 2.63. The lowest BCUT2D eigenvalue weighted by atomic mass is 10.1. The van der Waals surface area contributed by atoms with Crippen LogP contribution >= 0.6 is 43.5 Å². The van der Waals surface area contributed by atoms with Crippen molar-refractivity contribution in [2.75, 3.05) is 4.90 Å². The average Bonchev–Trinajstić information content (AvgIpc) is 2.94. The molecule has 3 rings (SSSR count). The van der Waals surface area contributed by atoms with Crippen molar-refractivity contribution in [1.29, 1.82) is 0 Å². The molecule has 1 aliphatic rings. The molecule has 1 heterocycles. The van der Waals surface area contributed by atoms with Gasteiger partial charge < -0.3 is 4.90 Å². The van der Waals surface area contributed by atoms with Crippen LogP contribution in [0.2, 0.25) is 5.02 Å². The second kappa shape index (κ2) is 4.55. The van der Waals surface area contributed by atoms with Gasteiger partial charge in [0.05, 0.1) is 0 Å². The maximum absolute atomic E-state index is 5.92. The van der Waals surface area contributed by atoms with E-state index in [0.717, 1.165) is 10.7 Å². The lowest BCUT2D eigenvalue weighted by Crippen LogP contribution is -1.99. The molecule has 2 aromatic rings. The van der Waals surface area contributed by atoms with Crippen molar-refractivity contribution in [2.24, 2.45) is 0 Å². The molecule has 92 valence electrons. The van der Waals surface area contributed by atoms with Gasteiger partial charge >= 0.3 is 0 Å². The molecule has 1 aliphatic heterocycles. The van der Waals surface area contributed by atoms with Gasteiger partial charge in [-0.05, 0) is 61.7 Å². The van der Waals surface area contributed by atoms with E-state index in [2.05, 4.69) is 61.0 Å². The Labute approximate surface area is 128 Å². The number of nitrogens with zero attached hydrogens (tertiary/aromatic N) is 1. The zero-order valence-electron chi connectivity index (χ0n) is 9.35. The van der Waals surface area contributed by atoms with Gasteiger partial charge in [0, 0.05) is 10.7 Å². The highest BCUT2D eigenvalue weighted by atomic mass is 79.9. The number of hydrogen-bond acceptors (Lipinski definition) is 1. The highest BCUT2D eigenvalue weighted by Gasteiger charge is 2.60. The SMILES string of the molecule is Clc1ccc(N2C(c3ccccc3)C2(Br)Br)cc1. The number of rotatable bonds is 2. The highest BCUT2D eigenvalue weighted by molar-refractivity contribution is 9.25. The monoisotopic (exact) mass is 385 g/mol. The fourth-order valence-electron chi connectivity index (χ4n) is 2.15. The van der Waals surface area contributed by atoms with Crippen LogP contribution in [-0.4, -0.2) is 3.36 Å². The summed E-state index contributed by atoms with van der Waals surface area (Å²) in [5, 5.41) is 0.756. The molecule has 1 nitrogen and oxygen atoms in total. The number of anilines is 1. The molecule has 0 N–H and O–H groups in total. The van der Waals surface area contributed by atoms with E-state index in [-0.39, 0.29) is 3.36 Å². The molecule has 2 aromatic carbocycles. The minimum Gasteiger partial charge on any atom is -0.334 e. The zero-order valence-corrected chi connectivity index (χ0v) is 13.3. The molecular formula is C14H10Br2ClN. The average molecular weight is 388 g/mol. The third-order valence-corrected chi connectivity index (χ3v) is 4.94. The van der Waals surface area contributed by atoms with Crippen LogP contribution in [0, 0.1) is 0 Å². The summed E-state index contributed by atoms with van der Waals surface area (Å²) >= 11 is 13.4. The molecule has 0 aliphatic carbocycles. The van der Waals surface area contributed by atoms with Crippen LogP contribution in [0.1, 0.15) is 11.6 Å². The lowest BCUT2D eigenvalue weighted by Gasteiger charge is -2.06. The molecule has 1 saturated heterocycles. The van der Waals surface area contributed by atoms with E-state index >= 15 is 0 Å². The van der Waals surface area contributed by atoms with Gasteiger partial charge in [0.15, 0.2) is 3.36 Å². The van der Waals surface area contributed by atoms with Crippen LogP contribution in [-0.2, 0) is 0 Å². The maximum atomic E-state index is 5.92. The quantitative estimate of drug-likeness (QED) is 0.382. The molecule has 0 saturated carbocycles. The Morgan fingerprint density at radius 2 is 1.56 bits per heavy atom. The van der Waals surface area contributed by atoms with Crippen molar-refractivity contribution in [3.63, 3.8) is 0 Å². The van der Waals surface area contributed by atoms with E-state index in [1.165, 1.54) is 5.56 Å². The van der Waals surface area contributed by atoms with Crippen LogP contribution in [0.15, 0.2) is 54.6 Å². The second-order valence-electron chi connectivity index (χ2n) is 4.25. The topological polar surface area (TPSA) is 3.01 Å². The summed E-state index contributed by atoms with van der Waals surface area (Å²) in [4.78, 5) is 2.26. The zero-order chi connectivity index (χ0) is 12.8. The maximum Gasteiger partial charge on any atom is 0.176 e. The van der Waals surface area contributed by atoms with Gasteiger partial charge in [0.1, 0.15) is 6.04 Å². The first-order chi connectivity index (χ1) is 8.60. The van der Waals surface area contributed by atoms with Crippen LogP contribution < -0.4 is 4.90 Å². The number of halogens is 3. The molecule has 4 heteroatoms. The van der Waals surface area contributed by atoms with E-state index in [9.17, 15) is 0 Å². The van der Waals surface area contributed by atoms with E-state index in [1.54, 1.807) is 0 Å². The van der Waals surface area contributed by atoms with Crippen molar-refractivity contribution < 1.29 is 0 Å². The van der Waals surface area contributed by atoms with Gasteiger partial charge in [-0.25, -0.2) is 0 Å². The Hall–Kier alpha value is -0.510. The van der Waals surface area contributed by atoms with Crippen molar-refractivity contribution >= 4 is 49.1 Å². The van der Waals surface area contributed by atoms with Gasteiger partial charge in [-0.1, -0.05) is 41.9 Å². The summed E-state index contributed by atoms with van der Waals surface area (Å²) in [7, 11) is 0. The van der Waals surface area contributed by atoms with Gasteiger partial charge in [0.2, 0.25) is 0 Å². The summed E-state index contributed by atoms with van der Waals surface area (Å²) in [6, 6.07) is 18.6. The molecule has 0 bridgehead atoms. The first kappa shape index (κ1) is 12.5. The van der Waals surface area contributed by atoms with Crippen molar-refractivity contribution in [3.8, 4) is 0 Å². The Balaban J connectivity index is 1.93. The number of benzene rings is 2. The van der Waals surface area contributed by atoms with Crippen molar-refractivity contribution in [2.45, 2.75) is 9.40 Å². The molecule has 18 heavy (non-hydrogen) atoms. The van der Waals surface area contributed by atoms with E-state index in [4.69, 9.17) is 11.6 Å². The minimum absolute atomic E-state index is 0.199. The molecular weight excluding hydrogens is 377 g/mol. The van der Waals surface area contributed by atoms with Gasteiger partial charge in [-0.3, -0.25) is 0 Å². The second-order valence-corrected chi connectivity index (χ2v) is 8.17. The normalized spacial score (nSPS) is 20.8. The largest absolute Gasteiger partial charge is 0.334 e. The first-order valence-electron chi connectivity index (χ1n) is 5.58. The first-order valence-corrected chi connectivity index (χ1v) is 7.55. The Morgan fingerprint density at radius 3 is 2.17 bits per heavy atom. The molecule has 0 radical (unpaired) electrons. The fourth-order valence-corrected chi connectivity index (χ4v) is 3.83. The van der Waals surface area contributed by atoms with Gasteiger partial charge in [0.25, 0.3) is 0 Å². The van der Waals surface area contributed by atoms with Crippen molar-refractivity contribution in [1.82, 2.24) is 0 Å². The Morgan fingerprint density at radius 1 is 0.944 bits per heavy atom. The van der Waals surface area contributed by atoms with Crippen LogP contribution in [0.25, 0.3) is 0 Å². The molecule has 0 amide bonds. The van der Waals surface area contributed by atoms with E-state index < -0.39 is 0 Å². The van der Waals surface area contributed by atoms with Gasteiger partial charge in [-0.2, -0.15) is 0 Å². The number of alkyl halides is 2. The molecule has 1 atom stereocenters. The fraction of sp³-hybridized carbons (Fsp3) is 0.143. The lowest BCUT2D eigenvalue weighted by molar-refractivity contribution is 1.11. The van der Waals surface area contributed by atoms with E-state index in [1.807, 2.05) is 30.3 Å². The Bertz CT molecular complexity index is 554. The van der Waals surface area contributed by atoms with E-state index in [0.29, 0.717) is 6.04 Å². The smallest absolute Gasteiger partial charge is 0.176 e. The summed E-state index contributed by atoms with van der Waals surface area (Å²) in [5.74, 6) is 0. The predicted molar refractivity (Wildman–Crippen MR) is 83.7 cm³/mol. The van der Waals surface area contributed by atoms with Crippen LogP contribution in [0.5, 0.6) is 0 Å². The van der Waals surface area contributed by atoms with Crippen LogP contribution in [0.3, 0.4) is 0 Å². The third kappa shape index (κ3) is 2.09. The predicted octanol–water partition coefficient (Wildman–Crippen LogP) is 5.34. The number of hydrogen-bond donors (Lipinski definition) is 0. The molecule has 1 unspecified atom stereocenters. The summed E-state index contributed by atoms with van der Waals surface area (Å²) in [6.07, 6.45) is 0. The van der Waals surface area contributed by atoms with Gasteiger partial charge in [-0.15, -0.1) is 0 Å². The summed E-state index contributed by atoms with van der Waals surface area (Å²) < 4.78 is -0.199. The molecule has 0 spiro atoms. The van der Waals surface area contributed by atoms with Crippen LogP contribution in [0.4, 0.5) is 5.69 Å². The minimum atomic E-state index is -0.199. The molecule has 1 fully saturated rings. The van der Waals surface area contributed by atoms with Crippen molar-refractivity contribution in [3.05, 3.63) is 65.2 Å². The molecule has 0 aromatic heterocycles. The Kier molecular flexibility index (Phi) is 3.16. The summed E-state index contributed by atoms with van der Waals surface area (Å²) in [6.45, 7) is 0.